The largest absolute Gasteiger partial charge is 0.356 e. The van der Waals surface area contributed by atoms with E-state index < -0.39 is 0 Å². The Labute approximate surface area is 152 Å². The molecule has 2 heterocycles. The smallest absolute Gasteiger partial charge is 0.150 e. The number of carbonyl (C=O) groups is 1. The van der Waals surface area contributed by atoms with E-state index in [0.29, 0.717) is 11.8 Å². The van der Waals surface area contributed by atoms with Crippen molar-refractivity contribution in [3.63, 3.8) is 0 Å². The number of ketones is 1. The average Bonchev–Trinajstić information content (AvgIpc) is 2.99. The van der Waals surface area contributed by atoms with E-state index in [1.54, 1.807) is 0 Å². The third kappa shape index (κ3) is 3.54. The van der Waals surface area contributed by atoms with Gasteiger partial charge in [0, 0.05) is 22.9 Å². The number of Topliss-reactive ketones (excluding diaryl/α,β-unsaturated/α-hetero) is 1. The quantitative estimate of drug-likeness (QED) is 0.629. The van der Waals surface area contributed by atoms with Crippen LogP contribution in [0.1, 0.15) is 43.0 Å². The molecule has 6 heteroatoms. The van der Waals surface area contributed by atoms with Gasteiger partial charge in [0.25, 0.3) is 0 Å². The third-order valence-corrected chi connectivity index (χ3v) is 5.93. The van der Waals surface area contributed by atoms with Crippen molar-refractivity contribution < 1.29 is 9.53 Å². The second kappa shape index (κ2) is 7.45. The molecule has 3 rings (SSSR count). The summed E-state index contributed by atoms with van der Waals surface area (Å²) in [6.07, 6.45) is 6.55. The van der Waals surface area contributed by atoms with Crippen LogP contribution >= 0.6 is 31.9 Å². The van der Waals surface area contributed by atoms with Crippen molar-refractivity contribution in [1.82, 2.24) is 9.78 Å². The molecular weight excluding hydrogens is 424 g/mol. The SMILES string of the molecule is Cc1cc2c(cnn2C2CCCCO2)c(Br)c1CCC(=O)CBr. The molecule has 1 aliphatic heterocycles. The lowest BCUT2D eigenvalue weighted by atomic mass is 10.0. The summed E-state index contributed by atoms with van der Waals surface area (Å²) >= 11 is 6.95. The number of hydrogen-bond donors (Lipinski definition) is 0. The summed E-state index contributed by atoms with van der Waals surface area (Å²) in [6.45, 7) is 2.90. The summed E-state index contributed by atoms with van der Waals surface area (Å²) in [6, 6.07) is 2.17. The molecule has 0 spiro atoms. The van der Waals surface area contributed by atoms with E-state index in [9.17, 15) is 4.79 Å². The van der Waals surface area contributed by atoms with Crippen LogP contribution in [-0.2, 0) is 16.0 Å². The van der Waals surface area contributed by atoms with Gasteiger partial charge in [-0.1, -0.05) is 15.9 Å². The number of alkyl halides is 1. The van der Waals surface area contributed by atoms with Crippen LogP contribution in [-0.4, -0.2) is 27.5 Å². The summed E-state index contributed by atoms with van der Waals surface area (Å²) < 4.78 is 8.92. The molecule has 0 amide bonds. The van der Waals surface area contributed by atoms with Crippen LogP contribution < -0.4 is 0 Å². The maximum atomic E-state index is 11.6. The van der Waals surface area contributed by atoms with Gasteiger partial charge in [0.05, 0.1) is 17.0 Å². The maximum absolute atomic E-state index is 11.6. The fourth-order valence-corrected chi connectivity index (χ4v) is 4.19. The van der Waals surface area contributed by atoms with E-state index in [2.05, 4.69) is 49.9 Å². The highest BCUT2D eigenvalue weighted by Gasteiger charge is 2.21. The number of carbonyl (C=O) groups excluding carboxylic acids is 1. The van der Waals surface area contributed by atoms with Crippen molar-refractivity contribution in [3.05, 3.63) is 27.9 Å². The van der Waals surface area contributed by atoms with Crippen molar-refractivity contribution >= 4 is 48.5 Å². The molecule has 0 aliphatic carbocycles. The Morgan fingerprint density at radius 1 is 1.48 bits per heavy atom. The molecule has 124 valence electrons. The number of halogens is 2. The van der Waals surface area contributed by atoms with Crippen LogP contribution in [0.2, 0.25) is 0 Å². The van der Waals surface area contributed by atoms with Crippen LogP contribution in [0.5, 0.6) is 0 Å². The Kier molecular flexibility index (Phi) is 5.54. The van der Waals surface area contributed by atoms with Gasteiger partial charge in [-0.3, -0.25) is 4.79 Å². The first-order valence-corrected chi connectivity index (χ1v) is 9.87. The van der Waals surface area contributed by atoms with Gasteiger partial charge in [-0.05, 0) is 65.7 Å². The van der Waals surface area contributed by atoms with Crippen molar-refractivity contribution in [1.29, 1.82) is 0 Å². The van der Waals surface area contributed by atoms with E-state index in [1.165, 1.54) is 17.5 Å². The van der Waals surface area contributed by atoms with Crippen LogP contribution in [0.25, 0.3) is 10.9 Å². The van der Waals surface area contributed by atoms with Crippen LogP contribution in [0, 0.1) is 6.92 Å². The van der Waals surface area contributed by atoms with Crippen LogP contribution in [0.3, 0.4) is 0 Å². The van der Waals surface area contributed by atoms with E-state index in [4.69, 9.17) is 4.74 Å². The van der Waals surface area contributed by atoms with E-state index in [0.717, 1.165) is 41.2 Å². The van der Waals surface area contributed by atoms with Crippen LogP contribution in [0.4, 0.5) is 0 Å². The molecule has 1 aromatic carbocycles. The second-order valence-electron chi connectivity index (χ2n) is 6.00. The van der Waals surface area contributed by atoms with E-state index >= 15 is 0 Å². The van der Waals surface area contributed by atoms with Gasteiger partial charge < -0.3 is 4.74 Å². The van der Waals surface area contributed by atoms with Gasteiger partial charge >= 0.3 is 0 Å². The van der Waals surface area contributed by atoms with Gasteiger partial charge in [0.2, 0.25) is 0 Å². The Morgan fingerprint density at radius 3 is 3.00 bits per heavy atom. The summed E-state index contributed by atoms with van der Waals surface area (Å²) in [5, 5.41) is 6.07. The summed E-state index contributed by atoms with van der Waals surface area (Å²) in [5.41, 5.74) is 3.47. The Hall–Kier alpha value is -0.720. The zero-order valence-electron chi connectivity index (χ0n) is 13.1. The normalized spacial score (nSPS) is 18.5. The number of rotatable bonds is 5. The first-order valence-electron chi connectivity index (χ1n) is 7.96. The number of ether oxygens (including phenoxy) is 1. The Balaban J connectivity index is 1.95. The Morgan fingerprint density at radius 2 is 2.30 bits per heavy atom. The lowest BCUT2D eigenvalue weighted by molar-refractivity contribution is -0.116. The standard InChI is InChI=1S/C17H20Br2N2O2/c1-11-8-15-14(17(19)13(11)6-5-12(22)9-18)10-20-21(15)16-4-2-3-7-23-16/h8,10,16H,2-7,9H2,1H3. The molecule has 4 nitrogen and oxygen atoms in total. The van der Waals surface area contributed by atoms with Gasteiger partial charge in [0.15, 0.2) is 6.23 Å². The van der Waals surface area contributed by atoms with Crippen molar-refractivity contribution in [2.75, 3.05) is 11.9 Å². The van der Waals surface area contributed by atoms with Crippen molar-refractivity contribution in [2.24, 2.45) is 0 Å². The first-order chi connectivity index (χ1) is 11.1. The second-order valence-corrected chi connectivity index (χ2v) is 7.36. The first kappa shape index (κ1) is 17.1. The minimum atomic E-state index is 0.0355. The van der Waals surface area contributed by atoms with Crippen molar-refractivity contribution in [3.8, 4) is 0 Å². The zero-order valence-corrected chi connectivity index (χ0v) is 16.3. The highest BCUT2D eigenvalue weighted by Crippen LogP contribution is 2.34. The molecule has 1 aliphatic rings. The van der Waals surface area contributed by atoms with E-state index in [1.807, 2.05) is 10.9 Å². The highest BCUT2D eigenvalue weighted by atomic mass is 79.9. The van der Waals surface area contributed by atoms with Gasteiger partial charge in [-0.15, -0.1) is 0 Å². The third-order valence-electron chi connectivity index (χ3n) is 4.40. The number of aryl methyl sites for hydroxylation is 1. The molecule has 2 aromatic rings. The number of hydrogen-bond acceptors (Lipinski definition) is 3. The number of nitrogens with zero attached hydrogens (tertiary/aromatic N) is 2. The predicted octanol–water partition coefficient (Wildman–Crippen LogP) is 4.70. The van der Waals surface area contributed by atoms with Gasteiger partial charge in [-0.25, -0.2) is 4.68 Å². The summed E-state index contributed by atoms with van der Waals surface area (Å²) in [4.78, 5) is 11.6. The lowest BCUT2D eigenvalue weighted by Gasteiger charge is -2.23. The number of aromatic nitrogens is 2. The topological polar surface area (TPSA) is 44.1 Å². The molecule has 0 radical (unpaired) electrons. The number of benzene rings is 1. The molecule has 1 unspecified atom stereocenters. The molecule has 1 fully saturated rings. The molecule has 23 heavy (non-hydrogen) atoms. The fraction of sp³-hybridized carbons (Fsp3) is 0.529. The minimum Gasteiger partial charge on any atom is -0.356 e. The zero-order chi connectivity index (χ0) is 16.4. The number of fused-ring (bicyclic) bond motifs is 1. The summed E-state index contributed by atoms with van der Waals surface area (Å²) in [5.74, 6) is 0.225. The molecule has 0 N–H and O–H groups in total. The molecular formula is C17H20Br2N2O2. The van der Waals surface area contributed by atoms with Gasteiger partial charge in [-0.2, -0.15) is 5.10 Å². The molecule has 1 aromatic heterocycles. The Bertz CT molecular complexity index is 721. The lowest BCUT2D eigenvalue weighted by Crippen LogP contribution is -2.19. The molecule has 0 bridgehead atoms. The predicted molar refractivity (Wildman–Crippen MR) is 98.1 cm³/mol. The fourth-order valence-electron chi connectivity index (χ4n) is 3.10. The highest BCUT2D eigenvalue weighted by molar-refractivity contribution is 9.10. The maximum Gasteiger partial charge on any atom is 0.150 e. The van der Waals surface area contributed by atoms with Gasteiger partial charge in [0.1, 0.15) is 5.78 Å². The minimum absolute atomic E-state index is 0.0355. The monoisotopic (exact) mass is 442 g/mol. The molecule has 1 atom stereocenters. The van der Waals surface area contributed by atoms with Crippen LogP contribution in [0.15, 0.2) is 16.7 Å². The van der Waals surface area contributed by atoms with Crippen molar-refractivity contribution in [2.45, 2.75) is 45.3 Å². The van der Waals surface area contributed by atoms with E-state index in [-0.39, 0.29) is 12.0 Å². The summed E-state index contributed by atoms with van der Waals surface area (Å²) in [7, 11) is 0. The molecule has 0 saturated carbocycles. The average molecular weight is 444 g/mol. The molecule has 1 saturated heterocycles.